The summed E-state index contributed by atoms with van der Waals surface area (Å²) in [6, 6.07) is 6.97. The minimum Gasteiger partial charge on any atom is -0.444 e. The number of carbonyl (C=O) groups excluding carboxylic acids is 2. The first kappa shape index (κ1) is 20.9. The Kier molecular flexibility index (Phi) is 8.95. The number of hydroxylamine groups is 2. The average Bonchev–Trinajstić information content (AvgIpc) is 2.52. The van der Waals surface area contributed by atoms with E-state index < -0.39 is 11.7 Å². The molecule has 0 heterocycles. The zero-order valence-electron chi connectivity index (χ0n) is 15.1. The van der Waals surface area contributed by atoms with Gasteiger partial charge in [-0.1, -0.05) is 26.0 Å². The largest absolute Gasteiger partial charge is 0.444 e. The molecule has 1 N–H and O–H groups in total. The standard InChI is InChI=1S/C15H22N2O4.C2H6/c1-15(2,3)21-14(19)16-10-11-7-6-8-12(9-11)13(18)17(4)20-5;1-2/h6-9H,10H2,1-5H3,(H,16,19);1-2H3. The van der Waals surface area contributed by atoms with E-state index in [0.717, 1.165) is 10.6 Å². The van der Waals surface area contributed by atoms with Crippen LogP contribution in [0.5, 0.6) is 0 Å². The first-order valence-electron chi connectivity index (χ1n) is 7.61. The van der Waals surface area contributed by atoms with E-state index in [1.165, 1.54) is 14.2 Å². The highest BCUT2D eigenvalue weighted by atomic mass is 16.7. The van der Waals surface area contributed by atoms with E-state index in [0.29, 0.717) is 5.56 Å². The molecule has 1 aromatic rings. The van der Waals surface area contributed by atoms with Gasteiger partial charge in [-0.2, -0.15) is 0 Å². The number of alkyl carbamates (subject to hydrolysis) is 1. The summed E-state index contributed by atoms with van der Waals surface area (Å²) in [7, 11) is 2.96. The summed E-state index contributed by atoms with van der Waals surface area (Å²) in [6.45, 7) is 9.68. The van der Waals surface area contributed by atoms with Crippen molar-refractivity contribution in [2.75, 3.05) is 14.2 Å². The maximum absolute atomic E-state index is 11.9. The lowest BCUT2D eigenvalue weighted by Gasteiger charge is -2.19. The van der Waals surface area contributed by atoms with Crippen LogP contribution in [0.3, 0.4) is 0 Å². The molecule has 0 saturated carbocycles. The summed E-state index contributed by atoms with van der Waals surface area (Å²) in [4.78, 5) is 28.4. The van der Waals surface area contributed by atoms with Crippen molar-refractivity contribution in [3.8, 4) is 0 Å². The first-order chi connectivity index (χ1) is 10.7. The van der Waals surface area contributed by atoms with Gasteiger partial charge in [0, 0.05) is 19.2 Å². The van der Waals surface area contributed by atoms with E-state index in [4.69, 9.17) is 9.57 Å². The van der Waals surface area contributed by atoms with Gasteiger partial charge in [0.15, 0.2) is 0 Å². The van der Waals surface area contributed by atoms with Gasteiger partial charge < -0.3 is 10.1 Å². The predicted octanol–water partition coefficient (Wildman–Crippen LogP) is 3.37. The molecule has 0 atom stereocenters. The molecule has 0 aromatic heterocycles. The van der Waals surface area contributed by atoms with E-state index in [1.54, 1.807) is 39.0 Å². The number of carbonyl (C=O) groups is 2. The molecule has 0 saturated heterocycles. The van der Waals surface area contributed by atoms with Gasteiger partial charge in [0.05, 0.1) is 7.11 Å². The molecule has 0 aliphatic heterocycles. The lowest BCUT2D eigenvalue weighted by atomic mass is 10.1. The topological polar surface area (TPSA) is 67.9 Å². The Morgan fingerprint density at radius 1 is 1.22 bits per heavy atom. The van der Waals surface area contributed by atoms with Crippen LogP contribution in [0.1, 0.15) is 50.5 Å². The lowest BCUT2D eigenvalue weighted by Crippen LogP contribution is -2.32. The molecule has 0 aliphatic rings. The molecule has 1 rings (SSSR count). The highest BCUT2D eigenvalue weighted by molar-refractivity contribution is 5.93. The zero-order valence-corrected chi connectivity index (χ0v) is 15.1. The summed E-state index contributed by atoms with van der Waals surface area (Å²) in [5.41, 5.74) is 0.752. The van der Waals surface area contributed by atoms with Crippen LogP contribution in [0.25, 0.3) is 0 Å². The number of nitrogens with one attached hydrogen (secondary N) is 1. The summed E-state index contributed by atoms with van der Waals surface area (Å²) < 4.78 is 5.15. The van der Waals surface area contributed by atoms with Crippen LogP contribution in [0.4, 0.5) is 4.79 Å². The van der Waals surface area contributed by atoms with Crippen molar-refractivity contribution < 1.29 is 19.2 Å². The van der Waals surface area contributed by atoms with E-state index in [9.17, 15) is 9.59 Å². The SMILES string of the molecule is CC.CON(C)C(=O)c1cccc(CNC(=O)OC(C)(C)C)c1. The molecular weight excluding hydrogens is 296 g/mol. The van der Waals surface area contributed by atoms with Crippen LogP contribution in [0.2, 0.25) is 0 Å². The van der Waals surface area contributed by atoms with Gasteiger partial charge in [0.2, 0.25) is 0 Å². The maximum Gasteiger partial charge on any atom is 0.407 e. The summed E-state index contributed by atoms with van der Waals surface area (Å²) in [6.07, 6.45) is -0.492. The predicted molar refractivity (Wildman–Crippen MR) is 90.0 cm³/mol. The maximum atomic E-state index is 11.9. The number of nitrogens with zero attached hydrogens (tertiary/aromatic N) is 1. The van der Waals surface area contributed by atoms with E-state index in [-0.39, 0.29) is 12.5 Å². The summed E-state index contributed by atoms with van der Waals surface area (Å²) in [5.74, 6) is -0.253. The van der Waals surface area contributed by atoms with Crippen molar-refractivity contribution in [2.24, 2.45) is 0 Å². The van der Waals surface area contributed by atoms with Crippen LogP contribution >= 0.6 is 0 Å². The van der Waals surface area contributed by atoms with Crippen LogP contribution < -0.4 is 5.32 Å². The van der Waals surface area contributed by atoms with Crippen LogP contribution in [-0.4, -0.2) is 36.8 Å². The number of rotatable bonds is 4. The molecule has 0 unspecified atom stereocenters. The average molecular weight is 324 g/mol. The normalized spacial score (nSPS) is 10.2. The molecule has 0 bridgehead atoms. The van der Waals surface area contributed by atoms with Crippen LogP contribution in [0.15, 0.2) is 24.3 Å². The van der Waals surface area contributed by atoms with Crippen molar-refractivity contribution >= 4 is 12.0 Å². The number of hydrogen-bond donors (Lipinski definition) is 1. The Morgan fingerprint density at radius 3 is 2.35 bits per heavy atom. The molecule has 23 heavy (non-hydrogen) atoms. The monoisotopic (exact) mass is 324 g/mol. The Morgan fingerprint density at radius 2 is 1.83 bits per heavy atom. The van der Waals surface area contributed by atoms with Gasteiger partial charge in [0.1, 0.15) is 5.60 Å². The summed E-state index contributed by atoms with van der Waals surface area (Å²) >= 11 is 0. The Labute approximate surface area is 138 Å². The van der Waals surface area contributed by atoms with E-state index in [1.807, 2.05) is 19.9 Å². The smallest absolute Gasteiger partial charge is 0.407 e. The van der Waals surface area contributed by atoms with Crippen LogP contribution in [0, 0.1) is 0 Å². The van der Waals surface area contributed by atoms with Crippen molar-refractivity contribution in [1.29, 1.82) is 0 Å². The third kappa shape index (κ3) is 8.21. The second-order valence-electron chi connectivity index (χ2n) is 5.54. The highest BCUT2D eigenvalue weighted by Gasteiger charge is 2.16. The fraction of sp³-hybridized carbons (Fsp3) is 0.529. The van der Waals surface area contributed by atoms with Gasteiger partial charge in [-0.15, -0.1) is 0 Å². The number of amides is 2. The van der Waals surface area contributed by atoms with E-state index in [2.05, 4.69) is 5.32 Å². The van der Waals surface area contributed by atoms with Crippen molar-refractivity contribution in [2.45, 2.75) is 46.8 Å². The first-order valence-corrected chi connectivity index (χ1v) is 7.61. The highest BCUT2D eigenvalue weighted by Crippen LogP contribution is 2.09. The molecule has 2 amide bonds. The summed E-state index contributed by atoms with van der Waals surface area (Å²) in [5, 5.41) is 3.79. The van der Waals surface area contributed by atoms with Crippen molar-refractivity contribution in [3.63, 3.8) is 0 Å². The lowest BCUT2D eigenvalue weighted by molar-refractivity contribution is -0.0757. The van der Waals surface area contributed by atoms with Gasteiger partial charge in [-0.3, -0.25) is 9.63 Å². The molecule has 6 nitrogen and oxygen atoms in total. The van der Waals surface area contributed by atoms with Gasteiger partial charge in [-0.05, 0) is 38.5 Å². The molecule has 0 aliphatic carbocycles. The molecule has 130 valence electrons. The fourth-order valence-electron chi connectivity index (χ4n) is 1.57. The Balaban J connectivity index is 0.00000232. The number of hydrogen-bond acceptors (Lipinski definition) is 4. The minimum absolute atomic E-state index is 0.253. The van der Waals surface area contributed by atoms with Crippen LogP contribution in [-0.2, 0) is 16.1 Å². The van der Waals surface area contributed by atoms with Crippen molar-refractivity contribution in [1.82, 2.24) is 10.4 Å². The number of benzene rings is 1. The third-order valence-corrected chi connectivity index (χ3v) is 2.57. The Hall–Kier alpha value is -2.08. The fourth-order valence-corrected chi connectivity index (χ4v) is 1.57. The Bertz CT molecular complexity index is 510. The molecule has 0 radical (unpaired) electrons. The van der Waals surface area contributed by atoms with Crippen molar-refractivity contribution in [3.05, 3.63) is 35.4 Å². The van der Waals surface area contributed by atoms with Gasteiger partial charge >= 0.3 is 6.09 Å². The second-order valence-corrected chi connectivity index (χ2v) is 5.54. The number of ether oxygens (including phenoxy) is 1. The van der Waals surface area contributed by atoms with Gasteiger partial charge in [0.25, 0.3) is 5.91 Å². The molecule has 1 aromatic carbocycles. The van der Waals surface area contributed by atoms with Gasteiger partial charge in [-0.25, -0.2) is 9.86 Å². The molecule has 0 fully saturated rings. The molecule has 0 spiro atoms. The molecular formula is C17H28N2O4. The molecule has 6 heteroatoms. The zero-order chi connectivity index (χ0) is 18.0. The third-order valence-electron chi connectivity index (χ3n) is 2.57. The quantitative estimate of drug-likeness (QED) is 0.862. The van der Waals surface area contributed by atoms with E-state index >= 15 is 0 Å². The minimum atomic E-state index is -0.539. The second kappa shape index (κ2) is 9.84.